The molecule has 1 aromatic heterocycles. The first-order chi connectivity index (χ1) is 13.2. The minimum absolute atomic E-state index is 0.0342. The van der Waals surface area contributed by atoms with Crippen LogP contribution < -0.4 is 4.74 Å². The van der Waals surface area contributed by atoms with Crippen LogP contribution in [-0.4, -0.2) is 16.7 Å². The first-order valence-electron chi connectivity index (χ1n) is 7.83. The third kappa shape index (κ3) is 4.02. The molecule has 1 aliphatic heterocycles. The molecule has 2 aromatic rings. The summed E-state index contributed by atoms with van der Waals surface area (Å²) in [4.78, 5) is 14.6. The quantitative estimate of drug-likeness (QED) is 0.419. The summed E-state index contributed by atoms with van der Waals surface area (Å²) in [5.74, 6) is 0.429. The fourth-order valence-corrected chi connectivity index (χ4v) is 3.74. The van der Waals surface area contributed by atoms with Crippen molar-refractivity contribution in [3.8, 4) is 11.8 Å². The number of pyridine rings is 1. The van der Waals surface area contributed by atoms with E-state index in [-0.39, 0.29) is 35.6 Å². The Bertz CT molecular complexity index is 989. The van der Waals surface area contributed by atoms with Crippen LogP contribution in [0.3, 0.4) is 0 Å². The number of halogens is 3. The third-order valence-electron chi connectivity index (χ3n) is 3.88. The summed E-state index contributed by atoms with van der Waals surface area (Å²) in [5.41, 5.74) is -0.818. The van der Waals surface area contributed by atoms with E-state index in [0.717, 1.165) is 17.8 Å². The summed E-state index contributed by atoms with van der Waals surface area (Å²) in [6.45, 7) is 1.49. The average Bonchev–Trinajstić information content (AvgIpc) is 2.64. The average molecular weight is 411 g/mol. The fraction of sp³-hybridized carbons (Fsp3) is 0.294. The summed E-state index contributed by atoms with van der Waals surface area (Å²) in [6, 6.07) is 5.01. The molecular formula is C17H12F3N3O4S. The molecule has 11 heteroatoms. The highest BCUT2D eigenvalue weighted by Gasteiger charge is 2.35. The van der Waals surface area contributed by atoms with Crippen molar-refractivity contribution < 1.29 is 27.6 Å². The summed E-state index contributed by atoms with van der Waals surface area (Å²) in [5, 5.41) is 20.3. The molecule has 2 heterocycles. The minimum atomic E-state index is -4.70. The largest absolute Gasteiger partial charge is 0.467 e. The molecule has 0 saturated carbocycles. The monoisotopic (exact) mass is 411 g/mol. The van der Waals surface area contributed by atoms with Crippen LogP contribution in [0.2, 0.25) is 0 Å². The van der Waals surface area contributed by atoms with Crippen LogP contribution in [0.1, 0.15) is 27.9 Å². The van der Waals surface area contributed by atoms with Crippen molar-refractivity contribution in [3.63, 3.8) is 0 Å². The number of non-ortho nitro benzene ring substituents is 1. The second-order valence-corrected chi connectivity index (χ2v) is 6.81. The van der Waals surface area contributed by atoms with Crippen LogP contribution in [0.4, 0.5) is 18.9 Å². The Morgan fingerprint density at radius 3 is 2.79 bits per heavy atom. The molecule has 0 amide bonds. The van der Waals surface area contributed by atoms with Gasteiger partial charge in [-0.25, -0.2) is 4.98 Å². The Labute approximate surface area is 161 Å². The van der Waals surface area contributed by atoms with Gasteiger partial charge in [0.1, 0.15) is 16.8 Å². The molecule has 0 aliphatic carbocycles. The first kappa shape index (κ1) is 19.9. The number of thioether (sulfide) groups is 1. The Kier molecular flexibility index (Phi) is 5.44. The Morgan fingerprint density at radius 2 is 2.14 bits per heavy atom. The molecule has 0 saturated heterocycles. The Balaban J connectivity index is 1.99. The van der Waals surface area contributed by atoms with Gasteiger partial charge in [-0.3, -0.25) is 10.1 Å². The van der Waals surface area contributed by atoms with Crippen LogP contribution in [-0.2, 0) is 23.3 Å². The van der Waals surface area contributed by atoms with Gasteiger partial charge in [0.15, 0.2) is 6.79 Å². The van der Waals surface area contributed by atoms with Crippen molar-refractivity contribution in [2.24, 2.45) is 0 Å². The molecule has 7 nitrogen and oxygen atoms in total. The number of aromatic nitrogens is 1. The maximum atomic E-state index is 13.2. The number of hydrogen-bond donors (Lipinski definition) is 0. The molecule has 1 aromatic carbocycles. The molecule has 0 unspecified atom stereocenters. The van der Waals surface area contributed by atoms with E-state index in [1.165, 1.54) is 19.1 Å². The van der Waals surface area contributed by atoms with Gasteiger partial charge in [0, 0.05) is 34.7 Å². The molecule has 0 bridgehead atoms. The number of nitro groups is 1. The van der Waals surface area contributed by atoms with Gasteiger partial charge in [-0.2, -0.15) is 18.4 Å². The number of hydrogen-bond acceptors (Lipinski definition) is 7. The lowest BCUT2D eigenvalue weighted by atomic mass is 10.1. The molecule has 1 aliphatic rings. The second-order valence-electron chi connectivity index (χ2n) is 5.85. The van der Waals surface area contributed by atoms with E-state index < -0.39 is 22.2 Å². The van der Waals surface area contributed by atoms with E-state index in [1.54, 1.807) is 6.07 Å². The van der Waals surface area contributed by atoms with Crippen LogP contribution in [0, 0.1) is 28.4 Å². The van der Waals surface area contributed by atoms with Gasteiger partial charge in [0.25, 0.3) is 5.69 Å². The van der Waals surface area contributed by atoms with E-state index in [0.29, 0.717) is 16.9 Å². The molecule has 0 N–H and O–H groups in total. The van der Waals surface area contributed by atoms with Crippen molar-refractivity contribution >= 4 is 17.4 Å². The van der Waals surface area contributed by atoms with Gasteiger partial charge >= 0.3 is 6.18 Å². The topological polar surface area (TPSA) is 98.3 Å². The lowest BCUT2D eigenvalue weighted by Crippen LogP contribution is -2.13. The lowest BCUT2D eigenvalue weighted by Gasteiger charge is -2.20. The minimum Gasteiger partial charge on any atom is -0.467 e. The second kappa shape index (κ2) is 7.65. The van der Waals surface area contributed by atoms with Crippen molar-refractivity contribution in [2.45, 2.75) is 30.5 Å². The molecule has 0 fully saturated rings. The van der Waals surface area contributed by atoms with E-state index >= 15 is 0 Å². The highest BCUT2D eigenvalue weighted by molar-refractivity contribution is 7.98. The Morgan fingerprint density at radius 1 is 1.39 bits per heavy atom. The molecule has 0 radical (unpaired) electrons. The highest BCUT2D eigenvalue weighted by atomic mass is 32.2. The van der Waals surface area contributed by atoms with Gasteiger partial charge in [0.05, 0.1) is 22.7 Å². The standard InChI is InChI=1S/C17H12F3N3O4S/c1-9-2-14(17(18,19)20)13(5-21)16(22-9)28-7-11-4-12(23(24)25)3-10-6-26-8-27-15(10)11/h2-4H,6-8H2,1H3. The number of alkyl halides is 3. The summed E-state index contributed by atoms with van der Waals surface area (Å²) >= 11 is 0.885. The van der Waals surface area contributed by atoms with E-state index in [1.807, 2.05) is 0 Å². The molecule has 3 rings (SSSR count). The SMILES string of the molecule is Cc1cc(C(F)(F)F)c(C#N)c(SCc2cc([N+](=O)[O-])cc3c2OCOC3)n1. The number of aryl methyl sites for hydroxylation is 1. The molecule has 0 atom stereocenters. The van der Waals surface area contributed by atoms with Crippen molar-refractivity contribution in [1.29, 1.82) is 5.26 Å². The lowest BCUT2D eigenvalue weighted by molar-refractivity contribution is -0.385. The van der Waals surface area contributed by atoms with Gasteiger partial charge in [0.2, 0.25) is 0 Å². The van der Waals surface area contributed by atoms with Gasteiger partial charge in [-0.1, -0.05) is 0 Å². The predicted octanol–water partition coefficient (Wildman–Crippen LogP) is 4.35. The first-order valence-corrected chi connectivity index (χ1v) is 8.81. The van der Waals surface area contributed by atoms with Crippen molar-refractivity contribution in [2.75, 3.05) is 6.79 Å². The van der Waals surface area contributed by atoms with Crippen LogP contribution in [0.5, 0.6) is 5.75 Å². The fourth-order valence-electron chi connectivity index (χ4n) is 2.72. The van der Waals surface area contributed by atoms with Gasteiger partial charge in [-0.15, -0.1) is 11.8 Å². The van der Waals surface area contributed by atoms with Gasteiger partial charge < -0.3 is 9.47 Å². The highest BCUT2D eigenvalue weighted by Crippen LogP contribution is 2.39. The summed E-state index contributed by atoms with van der Waals surface area (Å²) in [6.07, 6.45) is -4.70. The zero-order chi connectivity index (χ0) is 20.5. The number of ether oxygens (including phenoxy) is 2. The molecular weight excluding hydrogens is 399 g/mol. The summed E-state index contributed by atoms with van der Waals surface area (Å²) < 4.78 is 50.2. The van der Waals surface area contributed by atoms with E-state index in [9.17, 15) is 28.5 Å². The number of nitro benzene ring substituents is 1. The van der Waals surface area contributed by atoms with Crippen LogP contribution in [0.25, 0.3) is 0 Å². The maximum absolute atomic E-state index is 13.2. The third-order valence-corrected chi connectivity index (χ3v) is 4.90. The van der Waals surface area contributed by atoms with Crippen molar-refractivity contribution in [1.82, 2.24) is 4.98 Å². The van der Waals surface area contributed by atoms with E-state index in [4.69, 9.17) is 9.47 Å². The number of benzene rings is 1. The van der Waals surface area contributed by atoms with Crippen LogP contribution in [0.15, 0.2) is 23.2 Å². The Hall–Kier alpha value is -2.84. The molecule has 28 heavy (non-hydrogen) atoms. The number of nitrogens with zero attached hydrogens (tertiary/aromatic N) is 3. The zero-order valence-electron chi connectivity index (χ0n) is 14.4. The maximum Gasteiger partial charge on any atom is 0.417 e. The molecule has 0 spiro atoms. The number of rotatable bonds is 4. The summed E-state index contributed by atoms with van der Waals surface area (Å²) in [7, 11) is 0. The molecule has 146 valence electrons. The number of nitriles is 1. The van der Waals surface area contributed by atoms with Crippen molar-refractivity contribution in [3.05, 3.63) is 56.3 Å². The van der Waals surface area contributed by atoms with E-state index in [2.05, 4.69) is 4.98 Å². The van der Waals surface area contributed by atoms with Gasteiger partial charge in [-0.05, 0) is 13.0 Å². The predicted molar refractivity (Wildman–Crippen MR) is 91.6 cm³/mol. The zero-order valence-corrected chi connectivity index (χ0v) is 15.2. The smallest absolute Gasteiger partial charge is 0.417 e. The normalized spacial score (nSPS) is 13.4. The number of fused-ring (bicyclic) bond motifs is 1. The van der Waals surface area contributed by atoms with Crippen LogP contribution >= 0.6 is 11.8 Å².